The molecule has 5 nitrogen and oxygen atoms in total. The maximum Gasteiger partial charge on any atom is 0.124 e. The number of imidazole rings is 1. The lowest BCUT2D eigenvalue weighted by Gasteiger charge is -2.21. The third-order valence-electron chi connectivity index (χ3n) is 5.79. The van der Waals surface area contributed by atoms with Crippen molar-refractivity contribution in [3.63, 3.8) is 0 Å². The summed E-state index contributed by atoms with van der Waals surface area (Å²) in [7, 11) is 0. The van der Waals surface area contributed by atoms with Crippen molar-refractivity contribution in [2.75, 3.05) is 13.2 Å². The molecule has 2 fully saturated rings. The fourth-order valence-corrected chi connectivity index (χ4v) is 5.37. The van der Waals surface area contributed by atoms with E-state index in [0.717, 1.165) is 44.0 Å². The average molecular weight is 359 g/mol. The first-order chi connectivity index (χ1) is 12.4. The second kappa shape index (κ2) is 6.82. The van der Waals surface area contributed by atoms with Crippen LogP contribution in [0.25, 0.3) is 0 Å². The molecule has 2 atom stereocenters. The van der Waals surface area contributed by atoms with Gasteiger partial charge in [-0.15, -0.1) is 11.3 Å². The smallest absolute Gasteiger partial charge is 0.124 e. The van der Waals surface area contributed by atoms with E-state index < -0.39 is 0 Å². The first kappa shape index (κ1) is 16.0. The molecule has 5 rings (SSSR count). The van der Waals surface area contributed by atoms with Crippen molar-refractivity contribution in [2.24, 2.45) is 0 Å². The van der Waals surface area contributed by atoms with Crippen LogP contribution in [0.3, 0.4) is 0 Å². The molecule has 2 aromatic heterocycles. The summed E-state index contributed by atoms with van der Waals surface area (Å²) in [4.78, 5) is 16.0. The van der Waals surface area contributed by atoms with Gasteiger partial charge in [0.1, 0.15) is 16.9 Å². The highest BCUT2D eigenvalue weighted by Gasteiger charge is 2.30. The van der Waals surface area contributed by atoms with E-state index in [1.807, 2.05) is 0 Å². The van der Waals surface area contributed by atoms with Crippen LogP contribution in [-0.4, -0.2) is 33.0 Å². The molecular weight excluding hydrogens is 332 g/mol. The van der Waals surface area contributed by atoms with Crippen LogP contribution in [0.2, 0.25) is 0 Å². The summed E-state index contributed by atoms with van der Waals surface area (Å²) in [5.41, 5.74) is 3.91. The van der Waals surface area contributed by atoms with Gasteiger partial charge >= 0.3 is 0 Å². The molecule has 25 heavy (non-hydrogen) atoms. The van der Waals surface area contributed by atoms with Crippen molar-refractivity contribution in [1.82, 2.24) is 19.9 Å². The lowest BCUT2D eigenvalue weighted by molar-refractivity contribution is 0.111. The number of aromatic nitrogens is 3. The third-order valence-corrected chi connectivity index (χ3v) is 6.78. The van der Waals surface area contributed by atoms with Crippen molar-refractivity contribution >= 4 is 11.3 Å². The number of hydrogen-bond acceptors (Lipinski definition) is 5. The molecule has 0 radical (unpaired) electrons. The highest BCUT2D eigenvalue weighted by atomic mass is 32.1. The number of ether oxygens (including phenoxy) is 1. The van der Waals surface area contributed by atoms with Gasteiger partial charge in [0.25, 0.3) is 0 Å². The number of aromatic amines is 1. The Morgan fingerprint density at radius 1 is 1.16 bits per heavy atom. The maximum atomic E-state index is 5.78. The van der Waals surface area contributed by atoms with Gasteiger partial charge in [0.05, 0.1) is 17.4 Å². The van der Waals surface area contributed by atoms with Crippen molar-refractivity contribution in [1.29, 1.82) is 0 Å². The number of aryl methyl sites for hydroxylation is 2. The van der Waals surface area contributed by atoms with Gasteiger partial charge in [0.2, 0.25) is 0 Å². The Hall–Kier alpha value is -1.24. The Balaban J connectivity index is 1.30. The minimum absolute atomic E-state index is 0.241. The quantitative estimate of drug-likeness (QED) is 0.900. The van der Waals surface area contributed by atoms with Gasteiger partial charge in [0, 0.05) is 24.2 Å². The predicted octanol–water partition coefficient (Wildman–Crippen LogP) is 3.93. The number of thiazole rings is 1. The molecular formula is C19H26N4OS. The van der Waals surface area contributed by atoms with Crippen LogP contribution < -0.4 is 0 Å². The summed E-state index contributed by atoms with van der Waals surface area (Å²) in [6.45, 7) is 2.96. The summed E-state index contributed by atoms with van der Waals surface area (Å²) >= 11 is 1.76. The summed E-state index contributed by atoms with van der Waals surface area (Å²) in [6.07, 6.45) is 9.89. The monoisotopic (exact) mass is 358 g/mol. The van der Waals surface area contributed by atoms with Crippen LogP contribution in [0.1, 0.15) is 78.6 Å². The van der Waals surface area contributed by atoms with E-state index in [1.165, 1.54) is 55.0 Å². The molecule has 4 heterocycles. The van der Waals surface area contributed by atoms with E-state index in [9.17, 15) is 0 Å². The van der Waals surface area contributed by atoms with Crippen molar-refractivity contribution in [2.45, 2.75) is 70.1 Å². The summed E-state index contributed by atoms with van der Waals surface area (Å²) < 4.78 is 5.78. The van der Waals surface area contributed by atoms with Crippen molar-refractivity contribution < 1.29 is 4.74 Å². The van der Waals surface area contributed by atoms with E-state index in [0.29, 0.717) is 6.04 Å². The Kier molecular flexibility index (Phi) is 4.36. The lowest BCUT2D eigenvalue weighted by atomic mass is 10.0. The minimum Gasteiger partial charge on any atom is -0.371 e. The predicted molar refractivity (Wildman–Crippen MR) is 97.7 cm³/mol. The second-order valence-corrected chi connectivity index (χ2v) is 8.45. The van der Waals surface area contributed by atoms with Gasteiger partial charge in [-0.25, -0.2) is 9.97 Å². The van der Waals surface area contributed by atoms with Gasteiger partial charge in [-0.1, -0.05) is 0 Å². The second-order valence-electron chi connectivity index (χ2n) is 7.56. The molecule has 0 spiro atoms. The molecule has 6 heteroatoms. The van der Waals surface area contributed by atoms with E-state index in [4.69, 9.17) is 14.7 Å². The Morgan fingerprint density at radius 2 is 2.12 bits per heavy atom. The largest absolute Gasteiger partial charge is 0.371 e. The lowest BCUT2D eigenvalue weighted by Crippen LogP contribution is -2.23. The van der Waals surface area contributed by atoms with E-state index in [2.05, 4.69) is 15.3 Å². The van der Waals surface area contributed by atoms with Crippen LogP contribution in [0.4, 0.5) is 0 Å². The zero-order chi connectivity index (χ0) is 16.6. The van der Waals surface area contributed by atoms with Crippen LogP contribution in [0.5, 0.6) is 0 Å². The van der Waals surface area contributed by atoms with E-state index in [-0.39, 0.29) is 6.10 Å². The van der Waals surface area contributed by atoms with Crippen molar-refractivity contribution in [3.8, 4) is 0 Å². The van der Waals surface area contributed by atoms with Crippen LogP contribution in [0.15, 0.2) is 5.38 Å². The molecule has 0 amide bonds. The molecule has 2 aliphatic heterocycles. The zero-order valence-electron chi connectivity index (χ0n) is 14.7. The molecule has 1 N–H and O–H groups in total. The number of likely N-dealkylation sites (tertiary alicyclic amines) is 1. The van der Waals surface area contributed by atoms with Gasteiger partial charge < -0.3 is 9.72 Å². The van der Waals surface area contributed by atoms with E-state index in [1.54, 1.807) is 11.3 Å². The summed E-state index contributed by atoms with van der Waals surface area (Å²) in [5.74, 6) is 1.19. The minimum atomic E-state index is 0.241. The maximum absolute atomic E-state index is 5.78. The van der Waals surface area contributed by atoms with Gasteiger partial charge in [0.15, 0.2) is 0 Å². The number of nitrogens with one attached hydrogen (secondary N) is 1. The first-order valence-electron chi connectivity index (χ1n) is 9.74. The average Bonchev–Trinajstić information content (AvgIpc) is 3.41. The van der Waals surface area contributed by atoms with Gasteiger partial charge in [-0.05, 0) is 57.9 Å². The Labute approximate surface area is 152 Å². The number of nitrogens with zero attached hydrogens (tertiary/aromatic N) is 3. The molecule has 2 saturated heterocycles. The number of H-pyrrole nitrogens is 1. The van der Waals surface area contributed by atoms with Crippen LogP contribution >= 0.6 is 11.3 Å². The Bertz CT molecular complexity index is 710. The fourth-order valence-electron chi connectivity index (χ4n) is 4.48. The highest BCUT2D eigenvalue weighted by molar-refractivity contribution is 7.09. The zero-order valence-corrected chi connectivity index (χ0v) is 15.5. The number of fused-ring (bicyclic) bond motifs is 1. The van der Waals surface area contributed by atoms with Crippen LogP contribution in [-0.2, 0) is 24.1 Å². The standard InChI is InChI=1S/C19H26N4OS/c1-2-6-15-14(5-1)21-18(22-15)16-7-3-9-23(16)11-13-12-25-19(20-13)17-8-4-10-24-17/h12,16-17H,1-11H2,(H,21,22)/t16-,17-/m0/s1. The number of hydrogen-bond donors (Lipinski definition) is 1. The summed E-state index contributed by atoms with van der Waals surface area (Å²) in [5, 5.41) is 3.39. The molecule has 0 bridgehead atoms. The van der Waals surface area contributed by atoms with Gasteiger partial charge in [-0.3, -0.25) is 4.90 Å². The third kappa shape index (κ3) is 3.15. The molecule has 0 aromatic carbocycles. The SMILES string of the molecule is c1sc([C@@H]2CCCO2)nc1CN1CCC[C@H]1c1nc2c([nH]1)CCCC2. The highest BCUT2D eigenvalue weighted by Crippen LogP contribution is 2.35. The topological polar surface area (TPSA) is 54.0 Å². The van der Waals surface area contributed by atoms with Gasteiger partial charge in [-0.2, -0.15) is 0 Å². The fraction of sp³-hybridized carbons (Fsp3) is 0.684. The van der Waals surface area contributed by atoms with Crippen molar-refractivity contribution in [3.05, 3.63) is 33.3 Å². The van der Waals surface area contributed by atoms with E-state index >= 15 is 0 Å². The molecule has 2 aromatic rings. The molecule has 0 saturated carbocycles. The Morgan fingerprint density at radius 3 is 3.00 bits per heavy atom. The molecule has 1 aliphatic carbocycles. The molecule has 0 unspecified atom stereocenters. The molecule has 134 valence electrons. The normalized spacial score (nSPS) is 27.0. The first-order valence-corrected chi connectivity index (χ1v) is 10.6. The van der Waals surface area contributed by atoms with Crippen LogP contribution in [0, 0.1) is 0 Å². The molecule has 3 aliphatic rings. The number of rotatable bonds is 4. The summed E-state index contributed by atoms with van der Waals surface area (Å²) in [6, 6.07) is 0.429.